The number of benzene rings is 1. The summed E-state index contributed by atoms with van der Waals surface area (Å²) >= 11 is 0. The zero-order valence-electron chi connectivity index (χ0n) is 10.8. The number of likely N-dealkylation sites (N-methyl/N-ethyl adjacent to an activating group) is 2. The zero-order chi connectivity index (χ0) is 12.8. The van der Waals surface area contributed by atoms with Crippen molar-refractivity contribution < 1.29 is 4.79 Å². The van der Waals surface area contributed by atoms with Gasteiger partial charge in [0.25, 0.3) is 0 Å². The molecule has 4 nitrogen and oxygen atoms in total. The minimum atomic E-state index is 0.136. The van der Waals surface area contributed by atoms with Crippen LogP contribution in [0.15, 0.2) is 24.3 Å². The highest BCUT2D eigenvalue weighted by Crippen LogP contribution is 2.07. The molecule has 0 saturated carbocycles. The quantitative estimate of drug-likeness (QED) is 0.769. The van der Waals surface area contributed by atoms with Gasteiger partial charge < -0.3 is 15.5 Å². The lowest BCUT2D eigenvalue weighted by molar-refractivity contribution is -0.129. The van der Waals surface area contributed by atoms with Crippen molar-refractivity contribution in [1.29, 1.82) is 0 Å². The Morgan fingerprint density at radius 3 is 2.24 bits per heavy atom. The maximum absolute atomic E-state index is 11.9. The molecule has 0 atom stereocenters. The second-order valence-electron chi connectivity index (χ2n) is 4.54. The van der Waals surface area contributed by atoms with Crippen molar-refractivity contribution in [3.63, 3.8) is 0 Å². The Morgan fingerprint density at radius 2 is 1.71 bits per heavy atom. The first-order valence-corrected chi connectivity index (χ1v) is 5.72. The lowest BCUT2D eigenvalue weighted by Crippen LogP contribution is -2.34. The Balaban J connectivity index is 2.45. The van der Waals surface area contributed by atoms with Gasteiger partial charge in [-0.25, -0.2) is 0 Å². The number of rotatable bonds is 5. The summed E-state index contributed by atoms with van der Waals surface area (Å²) in [7, 11) is 5.83. The number of hydrogen-bond donors (Lipinski definition) is 1. The number of carbonyl (C=O) groups is 1. The summed E-state index contributed by atoms with van der Waals surface area (Å²) in [6.45, 7) is 1.63. The Hall–Kier alpha value is -1.55. The predicted octanol–water partition coefficient (Wildman–Crippen LogP) is 0.831. The zero-order valence-corrected chi connectivity index (χ0v) is 10.8. The van der Waals surface area contributed by atoms with Crippen molar-refractivity contribution in [2.24, 2.45) is 0 Å². The maximum atomic E-state index is 11.9. The van der Waals surface area contributed by atoms with Gasteiger partial charge >= 0.3 is 0 Å². The van der Waals surface area contributed by atoms with E-state index in [-0.39, 0.29) is 5.91 Å². The van der Waals surface area contributed by atoms with Crippen LogP contribution in [0.4, 0.5) is 5.69 Å². The van der Waals surface area contributed by atoms with Crippen LogP contribution in [0.1, 0.15) is 5.56 Å². The molecule has 0 fully saturated rings. The molecule has 0 heterocycles. The number of nitrogens with two attached hydrogens (primary N) is 1. The number of nitrogen functional groups attached to an aromatic ring is 1. The summed E-state index contributed by atoms with van der Waals surface area (Å²) in [6, 6.07) is 7.44. The van der Waals surface area contributed by atoms with Gasteiger partial charge in [-0.05, 0) is 31.8 Å². The van der Waals surface area contributed by atoms with Crippen LogP contribution in [0.2, 0.25) is 0 Å². The smallest absolute Gasteiger partial charge is 0.226 e. The molecule has 1 aromatic rings. The molecule has 0 radical (unpaired) electrons. The van der Waals surface area contributed by atoms with Crippen molar-refractivity contribution in [2.45, 2.75) is 6.42 Å². The number of hydrogen-bond acceptors (Lipinski definition) is 3. The van der Waals surface area contributed by atoms with Crippen molar-refractivity contribution in [2.75, 3.05) is 40.0 Å². The van der Waals surface area contributed by atoms with Crippen LogP contribution >= 0.6 is 0 Å². The molecule has 0 saturated heterocycles. The Bertz CT molecular complexity index is 359. The van der Waals surface area contributed by atoms with Crippen LogP contribution in [-0.4, -0.2) is 49.9 Å². The molecule has 0 bridgehead atoms. The topological polar surface area (TPSA) is 49.6 Å². The van der Waals surface area contributed by atoms with E-state index in [1.807, 2.05) is 45.4 Å². The maximum Gasteiger partial charge on any atom is 0.226 e. The van der Waals surface area contributed by atoms with E-state index in [0.29, 0.717) is 6.42 Å². The first kappa shape index (κ1) is 13.5. The van der Waals surface area contributed by atoms with Gasteiger partial charge in [0.2, 0.25) is 5.91 Å². The van der Waals surface area contributed by atoms with E-state index in [2.05, 4.69) is 4.90 Å². The predicted molar refractivity (Wildman–Crippen MR) is 70.7 cm³/mol. The molecular weight excluding hydrogens is 214 g/mol. The van der Waals surface area contributed by atoms with Crippen LogP contribution in [0.3, 0.4) is 0 Å². The molecule has 17 heavy (non-hydrogen) atoms. The molecule has 4 heteroatoms. The highest BCUT2D eigenvalue weighted by atomic mass is 16.2. The van der Waals surface area contributed by atoms with Gasteiger partial charge in [0.05, 0.1) is 6.42 Å². The van der Waals surface area contributed by atoms with E-state index in [4.69, 9.17) is 5.73 Å². The second-order valence-corrected chi connectivity index (χ2v) is 4.54. The van der Waals surface area contributed by atoms with Gasteiger partial charge in [0.1, 0.15) is 0 Å². The molecule has 0 aliphatic carbocycles. The Labute approximate surface area is 103 Å². The molecular formula is C13H21N3O. The number of carbonyl (C=O) groups excluding carboxylic acids is 1. The third-order valence-electron chi connectivity index (χ3n) is 2.64. The van der Waals surface area contributed by atoms with Gasteiger partial charge in [-0.2, -0.15) is 0 Å². The Morgan fingerprint density at radius 1 is 1.12 bits per heavy atom. The van der Waals surface area contributed by atoms with Crippen molar-refractivity contribution >= 4 is 11.6 Å². The second kappa shape index (κ2) is 6.25. The number of amides is 1. The van der Waals surface area contributed by atoms with Gasteiger partial charge in [0.15, 0.2) is 0 Å². The average Bonchev–Trinajstić information content (AvgIpc) is 2.28. The van der Waals surface area contributed by atoms with Crippen molar-refractivity contribution in [1.82, 2.24) is 9.80 Å². The van der Waals surface area contributed by atoms with Crippen LogP contribution in [0.5, 0.6) is 0 Å². The van der Waals surface area contributed by atoms with Crippen molar-refractivity contribution in [3.8, 4) is 0 Å². The van der Waals surface area contributed by atoms with E-state index in [9.17, 15) is 4.79 Å². The number of nitrogens with zero attached hydrogens (tertiary/aromatic N) is 2. The minimum Gasteiger partial charge on any atom is -0.399 e. The Kier molecular flexibility index (Phi) is 4.97. The molecule has 1 rings (SSSR count). The van der Waals surface area contributed by atoms with E-state index >= 15 is 0 Å². The van der Waals surface area contributed by atoms with E-state index in [1.165, 1.54) is 0 Å². The lowest BCUT2D eigenvalue weighted by Gasteiger charge is -2.19. The molecule has 0 spiro atoms. The molecule has 0 unspecified atom stereocenters. The summed E-state index contributed by atoms with van der Waals surface area (Å²) in [6.07, 6.45) is 0.435. The normalized spacial score (nSPS) is 10.6. The molecule has 0 aliphatic heterocycles. The fourth-order valence-corrected chi connectivity index (χ4v) is 1.42. The van der Waals surface area contributed by atoms with Crippen LogP contribution < -0.4 is 5.73 Å². The van der Waals surface area contributed by atoms with E-state index < -0.39 is 0 Å². The average molecular weight is 235 g/mol. The largest absolute Gasteiger partial charge is 0.399 e. The summed E-state index contributed by atoms with van der Waals surface area (Å²) < 4.78 is 0. The molecule has 1 aromatic carbocycles. The fourth-order valence-electron chi connectivity index (χ4n) is 1.42. The molecule has 94 valence electrons. The third kappa shape index (κ3) is 4.87. The SMILES string of the molecule is CN(C)CCN(C)C(=O)Cc1ccc(N)cc1. The third-order valence-corrected chi connectivity index (χ3v) is 2.64. The van der Waals surface area contributed by atoms with Crippen LogP contribution in [0.25, 0.3) is 0 Å². The van der Waals surface area contributed by atoms with Crippen molar-refractivity contribution in [3.05, 3.63) is 29.8 Å². The number of anilines is 1. The monoisotopic (exact) mass is 235 g/mol. The van der Waals surface area contributed by atoms with Crippen LogP contribution in [0, 0.1) is 0 Å². The first-order valence-electron chi connectivity index (χ1n) is 5.72. The molecule has 2 N–H and O–H groups in total. The van der Waals surface area contributed by atoms with E-state index in [1.54, 1.807) is 4.90 Å². The minimum absolute atomic E-state index is 0.136. The highest BCUT2D eigenvalue weighted by molar-refractivity contribution is 5.78. The van der Waals surface area contributed by atoms with Crippen LogP contribution in [-0.2, 0) is 11.2 Å². The molecule has 0 aliphatic rings. The van der Waals surface area contributed by atoms with Gasteiger partial charge in [-0.1, -0.05) is 12.1 Å². The fraction of sp³-hybridized carbons (Fsp3) is 0.462. The first-order chi connectivity index (χ1) is 7.99. The summed E-state index contributed by atoms with van der Waals surface area (Å²) in [5.41, 5.74) is 7.32. The summed E-state index contributed by atoms with van der Waals surface area (Å²) in [4.78, 5) is 15.7. The van der Waals surface area contributed by atoms with Gasteiger partial charge in [0, 0.05) is 25.8 Å². The molecule has 1 amide bonds. The standard InChI is InChI=1S/C13H21N3O/c1-15(2)8-9-16(3)13(17)10-11-4-6-12(14)7-5-11/h4-7H,8-10,14H2,1-3H3. The van der Waals surface area contributed by atoms with Gasteiger partial charge in [-0.3, -0.25) is 4.79 Å². The molecule has 0 aromatic heterocycles. The summed E-state index contributed by atoms with van der Waals surface area (Å²) in [5.74, 6) is 0.136. The van der Waals surface area contributed by atoms with Gasteiger partial charge in [-0.15, -0.1) is 0 Å². The lowest BCUT2D eigenvalue weighted by atomic mass is 10.1. The summed E-state index contributed by atoms with van der Waals surface area (Å²) in [5, 5.41) is 0. The van der Waals surface area contributed by atoms with E-state index in [0.717, 1.165) is 24.3 Å². The highest BCUT2D eigenvalue weighted by Gasteiger charge is 2.09.